The first kappa shape index (κ1) is 21.6. The number of carbonyl (C=O) groups excluding carboxylic acids is 2. The first-order valence-electron chi connectivity index (χ1n) is 12.3. The fourth-order valence-electron chi connectivity index (χ4n) is 7.99. The van der Waals surface area contributed by atoms with E-state index in [1.165, 1.54) is 5.57 Å². The van der Waals surface area contributed by atoms with Gasteiger partial charge in [0.2, 0.25) is 5.78 Å². The highest BCUT2D eigenvalue weighted by Crippen LogP contribution is 2.68. The van der Waals surface area contributed by atoms with Crippen LogP contribution in [0.1, 0.15) is 72.1 Å². The molecule has 0 aromatic carbocycles. The molecule has 3 saturated carbocycles. The fraction of sp³-hybridized carbons (Fsp3) is 0.643. The lowest BCUT2D eigenvalue weighted by Crippen LogP contribution is -2.55. The van der Waals surface area contributed by atoms with Gasteiger partial charge < -0.3 is 9.64 Å². The van der Waals surface area contributed by atoms with E-state index in [2.05, 4.69) is 32.6 Å². The van der Waals surface area contributed by atoms with Crippen LogP contribution in [0.3, 0.4) is 0 Å². The first-order valence-corrected chi connectivity index (χ1v) is 12.3. The summed E-state index contributed by atoms with van der Waals surface area (Å²) in [7, 11) is 1.95. The summed E-state index contributed by atoms with van der Waals surface area (Å²) >= 11 is 0. The number of ether oxygens (including phenoxy) is 1. The molecule has 0 bridgehead atoms. The molecule has 170 valence electrons. The number of esters is 1. The third kappa shape index (κ3) is 2.96. The Balaban J connectivity index is 1.42. The van der Waals surface area contributed by atoms with Gasteiger partial charge in [-0.15, -0.1) is 0 Å². The third-order valence-corrected chi connectivity index (χ3v) is 9.79. The van der Waals surface area contributed by atoms with Crippen LogP contribution in [0.15, 0.2) is 35.7 Å². The molecule has 4 nitrogen and oxygen atoms in total. The molecule has 4 aliphatic carbocycles. The molecular weight excluding hydrogens is 398 g/mol. The number of hydrogen-bond donors (Lipinski definition) is 0. The average Bonchev–Trinajstić information content (AvgIpc) is 3.06. The van der Waals surface area contributed by atoms with Crippen molar-refractivity contribution in [3.63, 3.8) is 0 Å². The zero-order valence-corrected chi connectivity index (χ0v) is 19.9. The maximum Gasteiger partial charge on any atom is 0.336 e. The number of rotatable bonds is 3. The van der Waals surface area contributed by atoms with Gasteiger partial charge in [-0.3, -0.25) is 4.79 Å². The van der Waals surface area contributed by atoms with Gasteiger partial charge in [0.1, 0.15) is 5.60 Å². The van der Waals surface area contributed by atoms with Gasteiger partial charge >= 0.3 is 5.97 Å². The van der Waals surface area contributed by atoms with Crippen LogP contribution in [-0.4, -0.2) is 29.3 Å². The highest BCUT2D eigenvalue weighted by Gasteiger charge is 2.65. The van der Waals surface area contributed by atoms with E-state index in [0.717, 1.165) is 50.5 Å². The van der Waals surface area contributed by atoms with Crippen molar-refractivity contribution in [1.29, 1.82) is 0 Å². The monoisotopic (exact) mass is 433 g/mol. The third-order valence-electron chi connectivity index (χ3n) is 9.79. The van der Waals surface area contributed by atoms with Gasteiger partial charge in [0, 0.05) is 25.1 Å². The number of fused-ring (bicyclic) bond motifs is 5. The summed E-state index contributed by atoms with van der Waals surface area (Å²) in [6, 6.07) is 0. The number of nitrogens with zero attached hydrogens (tertiary/aromatic N) is 1. The number of carbonyl (C=O) groups is 2. The van der Waals surface area contributed by atoms with Gasteiger partial charge in [-0.1, -0.05) is 25.8 Å². The molecule has 0 amide bonds. The quantitative estimate of drug-likeness (QED) is 0.350. The molecule has 1 aliphatic heterocycles. The van der Waals surface area contributed by atoms with E-state index < -0.39 is 5.60 Å². The van der Waals surface area contributed by atoms with Crippen molar-refractivity contribution in [3.8, 4) is 11.8 Å². The zero-order chi connectivity index (χ0) is 22.7. The van der Waals surface area contributed by atoms with Gasteiger partial charge in [-0.05, 0) is 93.4 Å². The lowest BCUT2D eigenvalue weighted by atomic mass is 9.47. The first-order chi connectivity index (χ1) is 15.2. The highest BCUT2D eigenvalue weighted by molar-refractivity contribution is 6.06. The Morgan fingerprint density at radius 1 is 1.22 bits per heavy atom. The van der Waals surface area contributed by atoms with Crippen LogP contribution in [-0.2, 0) is 14.3 Å². The van der Waals surface area contributed by atoms with Crippen molar-refractivity contribution in [1.82, 2.24) is 4.90 Å². The van der Waals surface area contributed by atoms with Crippen molar-refractivity contribution in [3.05, 3.63) is 35.7 Å². The Bertz CT molecular complexity index is 1010. The van der Waals surface area contributed by atoms with Gasteiger partial charge in [0.25, 0.3) is 0 Å². The average molecular weight is 434 g/mol. The van der Waals surface area contributed by atoms with E-state index in [1.54, 1.807) is 0 Å². The Morgan fingerprint density at radius 3 is 2.75 bits per heavy atom. The summed E-state index contributed by atoms with van der Waals surface area (Å²) in [5.74, 6) is 7.67. The van der Waals surface area contributed by atoms with Crippen molar-refractivity contribution in [2.24, 2.45) is 28.6 Å². The molecule has 0 unspecified atom stereocenters. The van der Waals surface area contributed by atoms with E-state index in [0.29, 0.717) is 24.2 Å². The molecule has 0 aromatic heterocycles. The molecule has 6 atom stereocenters. The van der Waals surface area contributed by atoms with E-state index >= 15 is 0 Å². The lowest BCUT2D eigenvalue weighted by Gasteiger charge is -2.58. The number of allylic oxidation sites excluding steroid dienone is 3. The second kappa shape index (κ2) is 7.37. The normalized spacial score (nSPS) is 42.1. The molecule has 0 aromatic rings. The van der Waals surface area contributed by atoms with E-state index in [-0.39, 0.29) is 22.6 Å². The van der Waals surface area contributed by atoms with E-state index in [4.69, 9.17) is 4.74 Å². The molecule has 0 spiro atoms. The molecule has 3 fully saturated rings. The number of hydrogen-bond acceptors (Lipinski definition) is 4. The smallest absolute Gasteiger partial charge is 0.336 e. The molecule has 0 radical (unpaired) electrons. The predicted octanol–water partition coefficient (Wildman–Crippen LogP) is 5.17. The van der Waals surface area contributed by atoms with Crippen LogP contribution < -0.4 is 0 Å². The van der Waals surface area contributed by atoms with E-state index in [9.17, 15) is 9.59 Å². The summed E-state index contributed by atoms with van der Waals surface area (Å²) in [4.78, 5) is 27.1. The lowest BCUT2D eigenvalue weighted by molar-refractivity contribution is -0.180. The SMILES string of the molecule is CC[C@@]1(OC(=O)C2=CN(C)C=CC2)CC[C@H]2[C@@H]3CCC4=CC(=O)C#C[C@]4(C)[C@H]3CC[C@@]21C. The maximum atomic E-state index is 13.2. The molecule has 32 heavy (non-hydrogen) atoms. The zero-order valence-electron chi connectivity index (χ0n) is 19.9. The second-order valence-corrected chi connectivity index (χ2v) is 11.0. The van der Waals surface area contributed by atoms with Crippen molar-refractivity contribution >= 4 is 11.8 Å². The van der Waals surface area contributed by atoms with Crippen LogP contribution >= 0.6 is 0 Å². The molecule has 0 saturated heterocycles. The maximum absolute atomic E-state index is 13.2. The molecule has 5 rings (SSSR count). The van der Waals surface area contributed by atoms with Crippen LogP contribution in [0.25, 0.3) is 0 Å². The predicted molar refractivity (Wildman–Crippen MR) is 124 cm³/mol. The van der Waals surface area contributed by atoms with Gasteiger partial charge in [-0.25, -0.2) is 4.79 Å². The minimum atomic E-state index is -0.397. The van der Waals surface area contributed by atoms with Gasteiger partial charge in [0.05, 0.1) is 11.0 Å². The Morgan fingerprint density at radius 2 is 2.00 bits per heavy atom. The van der Waals surface area contributed by atoms with E-state index in [1.807, 2.05) is 36.5 Å². The fourth-order valence-corrected chi connectivity index (χ4v) is 7.99. The molecule has 4 heteroatoms. The minimum Gasteiger partial charge on any atom is -0.455 e. The van der Waals surface area contributed by atoms with Crippen molar-refractivity contribution in [2.45, 2.75) is 77.7 Å². The summed E-state index contributed by atoms with van der Waals surface area (Å²) < 4.78 is 6.48. The van der Waals surface area contributed by atoms with Crippen LogP contribution in [0, 0.1) is 40.4 Å². The number of ketones is 1. The highest BCUT2D eigenvalue weighted by atomic mass is 16.6. The summed E-state index contributed by atoms with van der Waals surface area (Å²) in [6.07, 6.45) is 15.5. The summed E-state index contributed by atoms with van der Waals surface area (Å²) in [5.41, 5.74) is 1.41. The summed E-state index contributed by atoms with van der Waals surface area (Å²) in [6.45, 7) is 6.84. The Kier molecular flexibility index (Phi) is 4.97. The van der Waals surface area contributed by atoms with Crippen molar-refractivity contribution in [2.75, 3.05) is 7.05 Å². The van der Waals surface area contributed by atoms with Gasteiger partial charge in [-0.2, -0.15) is 0 Å². The van der Waals surface area contributed by atoms with Crippen LogP contribution in [0.2, 0.25) is 0 Å². The van der Waals surface area contributed by atoms with Gasteiger partial charge in [0.15, 0.2) is 0 Å². The molecule has 5 aliphatic rings. The van der Waals surface area contributed by atoms with Crippen molar-refractivity contribution < 1.29 is 14.3 Å². The molecule has 1 heterocycles. The standard InChI is InChI=1S/C28H35NO3/c1-5-28(32-25(31)19-7-6-16-29(4)18-19)15-12-24-22-9-8-20-17-21(30)10-13-26(20,2)23(22)11-14-27(24,28)3/h6,16-18,22-24H,5,7-9,11-12,14-15H2,1-4H3/t22-,23+,24+,26+,27+,28-/m1/s1. The Hall–Kier alpha value is -2.28. The Labute approximate surface area is 192 Å². The topological polar surface area (TPSA) is 46.6 Å². The minimum absolute atomic E-state index is 0.00889. The summed E-state index contributed by atoms with van der Waals surface area (Å²) in [5, 5.41) is 0. The van der Waals surface area contributed by atoms with Crippen LogP contribution in [0.5, 0.6) is 0 Å². The van der Waals surface area contributed by atoms with Crippen LogP contribution in [0.4, 0.5) is 0 Å². The molecule has 0 N–H and O–H groups in total. The second-order valence-electron chi connectivity index (χ2n) is 11.0. The molecular formula is C28H35NO3. The largest absolute Gasteiger partial charge is 0.455 e.